The van der Waals surface area contributed by atoms with Crippen molar-refractivity contribution in [3.05, 3.63) is 48.3 Å². The van der Waals surface area contributed by atoms with Crippen LogP contribution in [0.3, 0.4) is 0 Å². The van der Waals surface area contributed by atoms with Gasteiger partial charge in [-0.15, -0.1) is 0 Å². The van der Waals surface area contributed by atoms with Crippen LogP contribution < -0.4 is 10.1 Å². The smallest absolute Gasteiger partial charge is 0.234 e. The summed E-state index contributed by atoms with van der Waals surface area (Å²) in [5.41, 5.74) is 2.08. The van der Waals surface area contributed by atoms with Gasteiger partial charge < -0.3 is 15.0 Å². The molecule has 5 nitrogen and oxygen atoms in total. The van der Waals surface area contributed by atoms with Gasteiger partial charge in [0.2, 0.25) is 5.91 Å². The molecule has 2 N–H and O–H groups in total. The molecule has 2 aromatic carbocycles. The van der Waals surface area contributed by atoms with E-state index in [0.717, 1.165) is 16.8 Å². The number of ether oxygens (including phenoxy) is 1. The zero-order valence-corrected chi connectivity index (χ0v) is 13.1. The monoisotopic (exact) mass is 331 g/mol. The molecule has 3 rings (SSSR count). The standard InChI is InChI=1S/C16H14FN3O2S/c1-22-12-5-6-13-14(8-12)20-16(19-13)23-9-15(21)18-11-4-2-3-10(17)7-11/h2-8H,9H2,1H3,(H,18,21)(H,19,20). The molecular weight excluding hydrogens is 317 g/mol. The third-order valence-corrected chi connectivity index (χ3v) is 3.99. The zero-order valence-electron chi connectivity index (χ0n) is 12.3. The lowest BCUT2D eigenvalue weighted by molar-refractivity contribution is -0.113. The lowest BCUT2D eigenvalue weighted by Gasteiger charge is -2.03. The number of methoxy groups -OCH3 is 1. The molecule has 3 aromatic rings. The summed E-state index contributed by atoms with van der Waals surface area (Å²) in [4.78, 5) is 19.4. The molecule has 7 heteroatoms. The fraction of sp³-hybridized carbons (Fsp3) is 0.125. The minimum Gasteiger partial charge on any atom is -0.497 e. The number of hydrogen-bond donors (Lipinski definition) is 2. The number of hydrogen-bond acceptors (Lipinski definition) is 4. The molecule has 0 bridgehead atoms. The molecule has 23 heavy (non-hydrogen) atoms. The number of aromatic amines is 1. The molecule has 1 aromatic heterocycles. The highest BCUT2D eigenvalue weighted by atomic mass is 32.2. The molecule has 0 saturated carbocycles. The van der Waals surface area contributed by atoms with Gasteiger partial charge >= 0.3 is 0 Å². The predicted octanol–water partition coefficient (Wildman–Crippen LogP) is 3.44. The fourth-order valence-corrected chi connectivity index (χ4v) is 2.74. The molecule has 0 aliphatic heterocycles. The maximum absolute atomic E-state index is 13.1. The van der Waals surface area contributed by atoms with Crippen LogP contribution in [0.1, 0.15) is 0 Å². The van der Waals surface area contributed by atoms with Crippen LogP contribution in [0.2, 0.25) is 0 Å². The number of imidazole rings is 1. The Kier molecular flexibility index (Phi) is 4.47. The van der Waals surface area contributed by atoms with Gasteiger partial charge in [-0.3, -0.25) is 4.79 Å². The summed E-state index contributed by atoms with van der Waals surface area (Å²) in [5, 5.41) is 3.28. The third-order valence-electron chi connectivity index (χ3n) is 3.12. The van der Waals surface area contributed by atoms with Crippen molar-refractivity contribution in [1.29, 1.82) is 0 Å². The first-order valence-electron chi connectivity index (χ1n) is 6.86. The molecule has 0 aliphatic carbocycles. The number of nitrogens with one attached hydrogen (secondary N) is 2. The summed E-state index contributed by atoms with van der Waals surface area (Å²) in [5.74, 6) is 0.301. The molecule has 1 amide bonds. The van der Waals surface area contributed by atoms with E-state index >= 15 is 0 Å². The summed E-state index contributed by atoms with van der Waals surface area (Å²) in [6.45, 7) is 0. The SMILES string of the molecule is COc1ccc2nc(SCC(=O)Nc3cccc(F)c3)[nH]c2c1. The number of anilines is 1. The van der Waals surface area contributed by atoms with Crippen LogP contribution in [-0.4, -0.2) is 28.7 Å². The molecule has 0 fully saturated rings. The highest BCUT2D eigenvalue weighted by molar-refractivity contribution is 7.99. The first kappa shape index (κ1) is 15.4. The lowest BCUT2D eigenvalue weighted by atomic mass is 10.3. The molecular formula is C16H14FN3O2S. The van der Waals surface area contributed by atoms with Crippen molar-refractivity contribution in [3.63, 3.8) is 0 Å². The first-order valence-corrected chi connectivity index (χ1v) is 7.84. The van der Waals surface area contributed by atoms with Gasteiger partial charge in [0, 0.05) is 11.8 Å². The van der Waals surface area contributed by atoms with Crippen molar-refractivity contribution >= 4 is 34.4 Å². The Hall–Kier alpha value is -2.54. The maximum Gasteiger partial charge on any atom is 0.234 e. The molecule has 0 radical (unpaired) electrons. The van der Waals surface area contributed by atoms with Crippen LogP contribution in [0, 0.1) is 5.82 Å². The van der Waals surface area contributed by atoms with Crippen LogP contribution in [-0.2, 0) is 4.79 Å². The van der Waals surface area contributed by atoms with Crippen LogP contribution in [0.5, 0.6) is 5.75 Å². The molecule has 1 heterocycles. The van der Waals surface area contributed by atoms with Crippen LogP contribution in [0.15, 0.2) is 47.6 Å². The average Bonchev–Trinajstić information content (AvgIpc) is 2.94. The Morgan fingerprint density at radius 3 is 3.00 bits per heavy atom. The molecule has 0 spiro atoms. The number of halogens is 1. The Labute approximate surface area is 136 Å². The predicted molar refractivity (Wildman–Crippen MR) is 88.4 cm³/mol. The number of rotatable bonds is 5. The van der Waals surface area contributed by atoms with Gasteiger partial charge in [-0.25, -0.2) is 9.37 Å². The second kappa shape index (κ2) is 6.70. The number of amides is 1. The number of aromatic nitrogens is 2. The second-order valence-electron chi connectivity index (χ2n) is 4.77. The van der Waals surface area contributed by atoms with E-state index in [0.29, 0.717) is 10.8 Å². The number of H-pyrrole nitrogens is 1. The molecule has 0 aliphatic rings. The van der Waals surface area contributed by atoms with Crippen LogP contribution in [0.25, 0.3) is 11.0 Å². The zero-order chi connectivity index (χ0) is 16.2. The largest absolute Gasteiger partial charge is 0.497 e. The third kappa shape index (κ3) is 3.81. The first-order chi connectivity index (χ1) is 11.1. The van der Waals surface area contributed by atoms with Crippen molar-refractivity contribution in [2.75, 3.05) is 18.2 Å². The van der Waals surface area contributed by atoms with Gasteiger partial charge in [0.25, 0.3) is 0 Å². The number of fused-ring (bicyclic) bond motifs is 1. The number of carbonyl (C=O) groups excluding carboxylic acids is 1. The van der Waals surface area contributed by atoms with E-state index in [1.807, 2.05) is 18.2 Å². The lowest BCUT2D eigenvalue weighted by Crippen LogP contribution is -2.14. The van der Waals surface area contributed by atoms with E-state index in [9.17, 15) is 9.18 Å². The molecule has 0 saturated heterocycles. The van der Waals surface area contributed by atoms with Gasteiger partial charge in [-0.2, -0.15) is 0 Å². The van der Waals surface area contributed by atoms with E-state index in [-0.39, 0.29) is 17.5 Å². The summed E-state index contributed by atoms with van der Waals surface area (Å²) in [6.07, 6.45) is 0. The molecule has 0 unspecified atom stereocenters. The van der Waals surface area contributed by atoms with E-state index in [2.05, 4.69) is 15.3 Å². The van der Waals surface area contributed by atoms with Crippen molar-refractivity contribution in [1.82, 2.24) is 9.97 Å². The summed E-state index contributed by atoms with van der Waals surface area (Å²) in [7, 11) is 1.60. The molecule has 118 valence electrons. The highest BCUT2D eigenvalue weighted by Gasteiger charge is 2.08. The van der Waals surface area contributed by atoms with E-state index in [1.54, 1.807) is 19.2 Å². The summed E-state index contributed by atoms with van der Waals surface area (Å²) < 4.78 is 18.2. The Morgan fingerprint density at radius 2 is 2.22 bits per heavy atom. The Bertz CT molecular complexity index is 850. The highest BCUT2D eigenvalue weighted by Crippen LogP contribution is 2.23. The number of carbonyl (C=O) groups is 1. The maximum atomic E-state index is 13.1. The van der Waals surface area contributed by atoms with Gasteiger partial charge in [-0.1, -0.05) is 17.8 Å². The van der Waals surface area contributed by atoms with Gasteiger partial charge in [-0.05, 0) is 30.3 Å². The Morgan fingerprint density at radius 1 is 1.35 bits per heavy atom. The fourth-order valence-electron chi connectivity index (χ4n) is 2.06. The van der Waals surface area contributed by atoms with Crippen LogP contribution in [0.4, 0.5) is 10.1 Å². The van der Waals surface area contributed by atoms with Crippen molar-refractivity contribution in [2.24, 2.45) is 0 Å². The van der Waals surface area contributed by atoms with Crippen LogP contribution >= 0.6 is 11.8 Å². The number of thioether (sulfide) groups is 1. The van der Waals surface area contributed by atoms with Crippen molar-refractivity contribution in [2.45, 2.75) is 5.16 Å². The topological polar surface area (TPSA) is 67.0 Å². The molecule has 0 atom stereocenters. The van der Waals surface area contributed by atoms with Gasteiger partial charge in [0.05, 0.1) is 23.9 Å². The Balaban J connectivity index is 1.62. The minimum atomic E-state index is -0.387. The quantitative estimate of drug-likeness (QED) is 0.703. The summed E-state index contributed by atoms with van der Waals surface area (Å²) in [6, 6.07) is 11.3. The number of nitrogens with zero attached hydrogens (tertiary/aromatic N) is 1. The normalized spacial score (nSPS) is 10.7. The van der Waals surface area contributed by atoms with Crippen molar-refractivity contribution in [3.8, 4) is 5.75 Å². The second-order valence-corrected chi connectivity index (χ2v) is 5.74. The van der Waals surface area contributed by atoms with Crippen molar-refractivity contribution < 1.29 is 13.9 Å². The number of benzene rings is 2. The van der Waals surface area contributed by atoms with E-state index in [1.165, 1.54) is 23.9 Å². The van der Waals surface area contributed by atoms with E-state index < -0.39 is 0 Å². The average molecular weight is 331 g/mol. The summed E-state index contributed by atoms with van der Waals surface area (Å²) >= 11 is 1.28. The van der Waals surface area contributed by atoms with Gasteiger partial charge in [0.1, 0.15) is 11.6 Å². The van der Waals surface area contributed by atoms with E-state index in [4.69, 9.17) is 4.74 Å². The minimum absolute atomic E-state index is 0.174. The van der Waals surface area contributed by atoms with Gasteiger partial charge in [0.15, 0.2) is 5.16 Å².